The Hall–Kier alpha value is -2.62. The minimum atomic E-state index is -0.220. The second-order valence-electron chi connectivity index (χ2n) is 6.23. The lowest BCUT2D eigenvalue weighted by Crippen LogP contribution is -2.35. The van der Waals surface area contributed by atoms with E-state index >= 15 is 0 Å². The molecule has 1 N–H and O–H groups in total. The molecule has 4 rings (SSSR count). The highest BCUT2D eigenvalue weighted by atomic mass is 32.1. The van der Waals surface area contributed by atoms with Crippen LogP contribution in [0.3, 0.4) is 0 Å². The maximum atomic E-state index is 12.6. The van der Waals surface area contributed by atoms with Crippen molar-refractivity contribution in [2.45, 2.75) is 13.5 Å². The molecule has 0 unspecified atom stereocenters. The number of thiazole rings is 1. The summed E-state index contributed by atoms with van der Waals surface area (Å²) in [5, 5.41) is 9.73. The summed E-state index contributed by atoms with van der Waals surface area (Å²) in [7, 11) is 0. The van der Waals surface area contributed by atoms with E-state index in [-0.39, 0.29) is 5.91 Å². The Balaban J connectivity index is 1.43. The van der Waals surface area contributed by atoms with E-state index in [0.29, 0.717) is 16.5 Å². The highest BCUT2D eigenvalue weighted by Crippen LogP contribution is 2.19. The molecule has 1 saturated heterocycles. The van der Waals surface area contributed by atoms with Gasteiger partial charge in [0.2, 0.25) is 0 Å². The molecule has 1 aliphatic heterocycles. The van der Waals surface area contributed by atoms with Crippen molar-refractivity contribution in [3.8, 4) is 5.82 Å². The molecule has 0 aliphatic carbocycles. The number of pyridine rings is 1. The van der Waals surface area contributed by atoms with Crippen molar-refractivity contribution in [1.29, 1.82) is 0 Å². The van der Waals surface area contributed by atoms with Gasteiger partial charge in [-0.3, -0.25) is 15.0 Å². The van der Waals surface area contributed by atoms with Crippen LogP contribution in [0.4, 0.5) is 5.13 Å². The molecule has 3 aromatic heterocycles. The number of hydrogen-bond donors (Lipinski definition) is 1. The minimum absolute atomic E-state index is 0.220. The largest absolute Gasteiger partial charge is 0.379 e. The number of amides is 1. The quantitative estimate of drug-likeness (QED) is 0.725. The van der Waals surface area contributed by atoms with Crippen LogP contribution in [0.1, 0.15) is 21.7 Å². The van der Waals surface area contributed by atoms with Gasteiger partial charge in [-0.2, -0.15) is 5.10 Å². The topological polar surface area (TPSA) is 85.2 Å². The Morgan fingerprint density at radius 3 is 2.96 bits per heavy atom. The van der Waals surface area contributed by atoms with Gasteiger partial charge in [-0.05, 0) is 19.1 Å². The summed E-state index contributed by atoms with van der Waals surface area (Å²) in [5.41, 5.74) is 2.19. The number of rotatable bonds is 5. The Labute approximate surface area is 160 Å². The smallest absolute Gasteiger partial charge is 0.260 e. The monoisotopic (exact) mass is 384 g/mol. The van der Waals surface area contributed by atoms with E-state index < -0.39 is 0 Å². The number of aromatic nitrogens is 4. The Morgan fingerprint density at radius 2 is 2.19 bits per heavy atom. The Morgan fingerprint density at radius 1 is 1.33 bits per heavy atom. The third kappa shape index (κ3) is 4.05. The van der Waals surface area contributed by atoms with E-state index in [1.54, 1.807) is 17.1 Å². The lowest BCUT2D eigenvalue weighted by molar-refractivity contribution is 0.0337. The summed E-state index contributed by atoms with van der Waals surface area (Å²) >= 11 is 1.43. The van der Waals surface area contributed by atoms with Crippen LogP contribution in [-0.4, -0.2) is 56.9 Å². The second kappa shape index (κ2) is 7.95. The highest BCUT2D eigenvalue weighted by molar-refractivity contribution is 7.13. The van der Waals surface area contributed by atoms with Crippen molar-refractivity contribution in [3.63, 3.8) is 0 Å². The number of hydrogen-bond acceptors (Lipinski definition) is 7. The molecule has 0 bridgehead atoms. The van der Waals surface area contributed by atoms with Gasteiger partial charge in [-0.1, -0.05) is 6.07 Å². The van der Waals surface area contributed by atoms with Crippen LogP contribution >= 0.6 is 11.3 Å². The van der Waals surface area contributed by atoms with Crippen LogP contribution < -0.4 is 5.32 Å². The summed E-state index contributed by atoms with van der Waals surface area (Å²) in [5.74, 6) is 0.457. The predicted molar refractivity (Wildman–Crippen MR) is 102 cm³/mol. The SMILES string of the molecule is Cc1c(C(=O)Nc2nc(CN3CCOCC3)cs2)cnn1-c1ccccn1. The number of nitrogens with zero attached hydrogens (tertiary/aromatic N) is 5. The molecule has 9 heteroatoms. The zero-order valence-electron chi connectivity index (χ0n) is 15.0. The van der Waals surface area contributed by atoms with Crippen LogP contribution in [0.15, 0.2) is 36.0 Å². The summed E-state index contributed by atoms with van der Waals surface area (Å²) < 4.78 is 7.01. The number of nitrogens with one attached hydrogen (secondary N) is 1. The fourth-order valence-electron chi connectivity index (χ4n) is 2.93. The lowest BCUT2D eigenvalue weighted by Gasteiger charge is -2.25. The molecule has 0 atom stereocenters. The minimum Gasteiger partial charge on any atom is -0.379 e. The Bertz CT molecular complexity index is 917. The fraction of sp³-hybridized carbons (Fsp3) is 0.333. The van der Waals surface area contributed by atoms with Crippen molar-refractivity contribution in [1.82, 2.24) is 24.6 Å². The van der Waals surface area contributed by atoms with Crippen molar-refractivity contribution in [2.75, 3.05) is 31.6 Å². The summed E-state index contributed by atoms with van der Waals surface area (Å²) in [6.07, 6.45) is 3.25. The fourth-order valence-corrected chi connectivity index (χ4v) is 3.63. The van der Waals surface area contributed by atoms with Gasteiger partial charge in [-0.15, -0.1) is 11.3 Å². The third-order valence-electron chi connectivity index (χ3n) is 4.38. The van der Waals surface area contributed by atoms with Crippen LogP contribution in [0, 0.1) is 6.92 Å². The normalized spacial score (nSPS) is 15.0. The zero-order valence-corrected chi connectivity index (χ0v) is 15.8. The zero-order chi connectivity index (χ0) is 18.6. The second-order valence-corrected chi connectivity index (χ2v) is 7.09. The molecule has 0 radical (unpaired) electrons. The first-order valence-electron chi connectivity index (χ1n) is 8.72. The predicted octanol–water partition coefficient (Wildman–Crippen LogP) is 2.12. The number of ether oxygens (including phenoxy) is 1. The molecule has 4 heterocycles. The maximum absolute atomic E-state index is 12.6. The third-order valence-corrected chi connectivity index (χ3v) is 5.19. The van der Waals surface area contributed by atoms with Crippen molar-refractivity contribution >= 4 is 22.4 Å². The summed E-state index contributed by atoms with van der Waals surface area (Å²) in [6, 6.07) is 5.57. The number of carbonyl (C=O) groups excluding carboxylic acids is 1. The van der Waals surface area contributed by atoms with Crippen molar-refractivity contribution in [3.05, 3.63) is 52.9 Å². The van der Waals surface area contributed by atoms with Crippen molar-refractivity contribution < 1.29 is 9.53 Å². The van der Waals surface area contributed by atoms with Gasteiger partial charge in [0.05, 0.1) is 36.4 Å². The molecule has 1 aliphatic rings. The first-order chi connectivity index (χ1) is 13.2. The molecular formula is C18H20N6O2S. The van der Waals surface area contributed by atoms with Crippen molar-refractivity contribution in [2.24, 2.45) is 0 Å². The summed E-state index contributed by atoms with van der Waals surface area (Å²) in [4.78, 5) is 23.7. The van der Waals surface area contributed by atoms with E-state index in [1.807, 2.05) is 30.5 Å². The molecule has 0 saturated carbocycles. The maximum Gasteiger partial charge on any atom is 0.260 e. The molecule has 3 aromatic rings. The molecule has 1 amide bonds. The molecule has 1 fully saturated rings. The van der Waals surface area contributed by atoms with Crippen LogP contribution in [-0.2, 0) is 11.3 Å². The lowest BCUT2D eigenvalue weighted by atomic mass is 10.2. The van der Waals surface area contributed by atoms with Gasteiger partial charge in [0.15, 0.2) is 10.9 Å². The molecule has 27 heavy (non-hydrogen) atoms. The van der Waals surface area contributed by atoms with Crippen LogP contribution in [0.5, 0.6) is 0 Å². The number of morpholine rings is 1. The van der Waals surface area contributed by atoms with Gasteiger partial charge in [0.1, 0.15) is 0 Å². The standard InChI is InChI=1S/C18H20N6O2S/c1-13-15(10-20-24(13)16-4-2-3-5-19-16)17(25)22-18-21-14(12-27-18)11-23-6-8-26-9-7-23/h2-5,10,12H,6-9,11H2,1H3,(H,21,22,25). The van der Waals surface area contributed by atoms with E-state index in [4.69, 9.17) is 4.74 Å². The van der Waals surface area contributed by atoms with E-state index in [2.05, 4.69) is 25.3 Å². The molecular weight excluding hydrogens is 364 g/mol. The number of carbonyl (C=O) groups is 1. The van der Waals surface area contributed by atoms with E-state index in [0.717, 1.165) is 44.2 Å². The number of anilines is 1. The molecule has 0 spiro atoms. The van der Waals surface area contributed by atoms with Gasteiger partial charge in [-0.25, -0.2) is 14.6 Å². The van der Waals surface area contributed by atoms with Gasteiger partial charge in [0.25, 0.3) is 5.91 Å². The first kappa shape index (κ1) is 17.8. The Kier molecular flexibility index (Phi) is 5.23. The van der Waals surface area contributed by atoms with Gasteiger partial charge in [0, 0.05) is 31.2 Å². The van der Waals surface area contributed by atoms with E-state index in [9.17, 15) is 4.79 Å². The average molecular weight is 384 g/mol. The van der Waals surface area contributed by atoms with Gasteiger partial charge >= 0.3 is 0 Å². The highest BCUT2D eigenvalue weighted by Gasteiger charge is 2.18. The average Bonchev–Trinajstić information content (AvgIpc) is 3.29. The van der Waals surface area contributed by atoms with Crippen LogP contribution in [0.25, 0.3) is 5.82 Å². The van der Waals surface area contributed by atoms with E-state index in [1.165, 1.54) is 11.3 Å². The summed E-state index contributed by atoms with van der Waals surface area (Å²) in [6.45, 7) is 5.95. The van der Waals surface area contributed by atoms with Crippen LogP contribution in [0.2, 0.25) is 0 Å². The molecule has 140 valence electrons. The van der Waals surface area contributed by atoms with Gasteiger partial charge < -0.3 is 4.74 Å². The molecule has 0 aromatic carbocycles. The molecule has 8 nitrogen and oxygen atoms in total. The first-order valence-corrected chi connectivity index (χ1v) is 9.60.